The Labute approximate surface area is 293 Å². The van der Waals surface area contributed by atoms with E-state index in [4.69, 9.17) is 4.74 Å². The van der Waals surface area contributed by atoms with Gasteiger partial charge in [0.1, 0.15) is 18.8 Å². The molecule has 0 aliphatic carbocycles. The Morgan fingerprint density at radius 3 is 1.56 bits per heavy atom. The number of hydrogen-bond acceptors (Lipinski definition) is 11. The van der Waals surface area contributed by atoms with Gasteiger partial charge in [-0.15, -0.1) is 0 Å². The van der Waals surface area contributed by atoms with Crippen LogP contribution in [0.25, 0.3) is 0 Å². The quantitative estimate of drug-likeness (QED) is 0.159. The number of carbonyl (C=O) groups excluding carboxylic acids is 6. The molecule has 15 nitrogen and oxygen atoms in total. The maximum absolute atomic E-state index is 15.8. The van der Waals surface area contributed by atoms with Gasteiger partial charge in [-0.05, 0) is 45.1 Å². The molecule has 3 amide bonds. The van der Waals surface area contributed by atoms with Crippen molar-refractivity contribution in [2.24, 2.45) is 11.8 Å². The first kappa shape index (κ1) is 43.8. The minimum atomic E-state index is -3.34. The van der Waals surface area contributed by atoms with E-state index in [1.54, 1.807) is 37.3 Å². The number of aliphatic hydroxyl groups is 3. The summed E-state index contributed by atoms with van der Waals surface area (Å²) >= 11 is 0. The van der Waals surface area contributed by atoms with Crippen molar-refractivity contribution in [3.8, 4) is 0 Å². The molecule has 50 heavy (non-hydrogen) atoms. The zero-order valence-electron chi connectivity index (χ0n) is 30.8. The number of nitrogens with zero attached hydrogens (tertiary/aromatic N) is 3. The standard InChI is InChI=1S/C35H53N3O12/c1-12-20(3)34(37(10)27(42)23(6)39,26(41)22(5)36(9)32(48)50-19-25-17-15-14-16-18-25)30(45)35(21(4)13-2,38(11)28(43)24(7)40)29(44)33(8,49)31(46)47/h14-18,20-24,39-40,49H,12-13,19H2,1-11H3,(H,46,47)/t20-,21-,22-,23+,24+,33-,34+,35-/m0/s1. The van der Waals surface area contributed by atoms with Crippen molar-refractivity contribution >= 4 is 41.2 Å². The predicted octanol–water partition coefficient (Wildman–Crippen LogP) is 1.43. The Morgan fingerprint density at radius 2 is 1.16 bits per heavy atom. The number of carboxylic acids is 1. The second-order valence-electron chi connectivity index (χ2n) is 13.0. The summed E-state index contributed by atoms with van der Waals surface area (Å²) in [7, 11) is 3.20. The highest BCUT2D eigenvalue weighted by molar-refractivity contribution is 6.30. The molecule has 280 valence electrons. The van der Waals surface area contributed by atoms with Gasteiger partial charge in [0.05, 0.1) is 6.04 Å². The molecule has 8 atom stereocenters. The van der Waals surface area contributed by atoms with Crippen molar-refractivity contribution in [2.75, 3.05) is 21.1 Å². The van der Waals surface area contributed by atoms with Crippen LogP contribution in [0.2, 0.25) is 0 Å². The lowest BCUT2D eigenvalue weighted by Crippen LogP contribution is -2.80. The lowest BCUT2D eigenvalue weighted by molar-refractivity contribution is -0.182. The lowest BCUT2D eigenvalue weighted by atomic mass is 9.60. The van der Waals surface area contributed by atoms with Crippen LogP contribution in [-0.2, 0) is 40.1 Å². The molecule has 0 unspecified atom stereocenters. The van der Waals surface area contributed by atoms with E-state index in [0.717, 1.165) is 32.8 Å². The van der Waals surface area contributed by atoms with Crippen LogP contribution in [0.4, 0.5) is 4.79 Å². The van der Waals surface area contributed by atoms with E-state index in [0.29, 0.717) is 22.3 Å². The highest BCUT2D eigenvalue weighted by Crippen LogP contribution is 2.43. The molecule has 4 N–H and O–H groups in total. The summed E-state index contributed by atoms with van der Waals surface area (Å²) in [5.41, 5.74) is -8.54. The third-order valence-corrected chi connectivity index (χ3v) is 9.81. The van der Waals surface area contributed by atoms with Gasteiger partial charge in [0.25, 0.3) is 11.8 Å². The molecule has 15 heteroatoms. The van der Waals surface area contributed by atoms with Crippen LogP contribution in [0, 0.1) is 11.8 Å². The molecule has 0 spiro atoms. The lowest BCUT2D eigenvalue weighted by Gasteiger charge is -2.54. The summed E-state index contributed by atoms with van der Waals surface area (Å²) in [6.45, 7) is 9.60. The number of amides is 3. The molecule has 0 aliphatic rings. The SMILES string of the molecule is CC[C@H](C)[C@](C(=O)[C@](C)(O)C(=O)O)(C(=O)[C@](C(=O)[C@H](C)N(C)C(=O)OCc1ccccc1)([C@@H](C)CC)N(C)C(=O)[C@@H](C)O)N(C)C(=O)[C@@H](C)O. The molecule has 0 saturated heterocycles. The van der Waals surface area contributed by atoms with E-state index in [-0.39, 0.29) is 19.4 Å². The zero-order valence-corrected chi connectivity index (χ0v) is 30.8. The van der Waals surface area contributed by atoms with E-state index in [2.05, 4.69) is 0 Å². The smallest absolute Gasteiger partial charge is 0.410 e. The van der Waals surface area contributed by atoms with Crippen LogP contribution >= 0.6 is 0 Å². The van der Waals surface area contributed by atoms with Crippen molar-refractivity contribution in [3.05, 3.63) is 35.9 Å². The number of benzene rings is 1. The zero-order chi connectivity index (χ0) is 39.1. The van der Waals surface area contributed by atoms with Crippen molar-refractivity contribution in [1.29, 1.82) is 0 Å². The summed E-state index contributed by atoms with van der Waals surface area (Å²) in [5.74, 6) is -11.4. The molecule has 0 radical (unpaired) electrons. The van der Waals surface area contributed by atoms with Crippen molar-refractivity contribution in [2.45, 2.75) is 110 Å². The fraction of sp³-hybridized carbons (Fsp3) is 0.629. The van der Waals surface area contributed by atoms with Crippen LogP contribution in [0.5, 0.6) is 0 Å². The Kier molecular flexibility index (Phi) is 15.0. The van der Waals surface area contributed by atoms with Gasteiger partial charge in [0, 0.05) is 21.1 Å². The van der Waals surface area contributed by atoms with Gasteiger partial charge in [-0.2, -0.15) is 0 Å². The number of ketones is 3. The number of ether oxygens (including phenoxy) is 1. The van der Waals surface area contributed by atoms with E-state index >= 15 is 9.59 Å². The summed E-state index contributed by atoms with van der Waals surface area (Å²) in [5, 5.41) is 41.9. The van der Waals surface area contributed by atoms with Gasteiger partial charge in [-0.25, -0.2) is 9.59 Å². The Morgan fingerprint density at radius 1 is 0.740 bits per heavy atom. The first-order valence-electron chi connectivity index (χ1n) is 16.4. The number of carbonyl (C=O) groups is 7. The Hall–Kier alpha value is -4.21. The molecular weight excluding hydrogens is 654 g/mol. The first-order valence-corrected chi connectivity index (χ1v) is 16.4. The average molecular weight is 708 g/mol. The molecule has 0 saturated carbocycles. The number of rotatable bonds is 18. The molecule has 1 rings (SSSR count). The van der Waals surface area contributed by atoms with Gasteiger partial charge < -0.3 is 39.9 Å². The summed E-state index contributed by atoms with van der Waals surface area (Å²) in [6.07, 6.45) is -4.82. The molecule has 0 aliphatic heterocycles. The van der Waals surface area contributed by atoms with E-state index in [9.17, 15) is 44.4 Å². The van der Waals surface area contributed by atoms with Crippen molar-refractivity contribution < 1.29 is 58.7 Å². The average Bonchev–Trinajstić information content (AvgIpc) is 3.09. The van der Waals surface area contributed by atoms with E-state index in [1.165, 1.54) is 34.7 Å². The highest BCUT2D eigenvalue weighted by Gasteiger charge is 2.70. The van der Waals surface area contributed by atoms with E-state index in [1.807, 2.05) is 0 Å². The molecule has 1 aromatic carbocycles. The van der Waals surface area contributed by atoms with Gasteiger partial charge in [0.15, 0.2) is 22.6 Å². The molecule has 1 aromatic rings. The first-order chi connectivity index (χ1) is 23.0. The fourth-order valence-electron chi connectivity index (χ4n) is 6.14. The van der Waals surface area contributed by atoms with Crippen LogP contribution in [0.1, 0.15) is 73.8 Å². The van der Waals surface area contributed by atoms with Gasteiger partial charge in [-0.3, -0.25) is 24.0 Å². The summed E-state index contributed by atoms with van der Waals surface area (Å²) in [4.78, 5) is 100. The van der Waals surface area contributed by atoms with Crippen LogP contribution < -0.4 is 0 Å². The molecule has 0 aromatic heterocycles. The van der Waals surface area contributed by atoms with E-state index < -0.39 is 88.0 Å². The summed E-state index contributed by atoms with van der Waals surface area (Å²) in [6, 6.07) is 7.04. The van der Waals surface area contributed by atoms with Gasteiger partial charge in [0.2, 0.25) is 11.4 Å². The fourth-order valence-corrected chi connectivity index (χ4v) is 6.14. The molecule has 0 fully saturated rings. The third kappa shape index (κ3) is 7.89. The maximum atomic E-state index is 15.8. The Balaban J connectivity index is 4.36. The maximum Gasteiger partial charge on any atom is 0.410 e. The third-order valence-electron chi connectivity index (χ3n) is 9.81. The van der Waals surface area contributed by atoms with Crippen LogP contribution in [-0.4, -0.2) is 132 Å². The minimum Gasteiger partial charge on any atom is -0.479 e. The monoisotopic (exact) mass is 707 g/mol. The second kappa shape index (κ2) is 17.1. The summed E-state index contributed by atoms with van der Waals surface area (Å²) < 4.78 is 5.39. The molecule has 0 heterocycles. The number of aliphatic carboxylic acids is 1. The number of carboxylic acid groups (broad SMARTS) is 1. The number of hydrogen-bond donors (Lipinski definition) is 4. The number of likely N-dealkylation sites (N-methyl/N-ethyl adjacent to an activating group) is 3. The van der Waals surface area contributed by atoms with Crippen LogP contribution in [0.15, 0.2) is 30.3 Å². The van der Waals surface area contributed by atoms with Crippen LogP contribution in [0.3, 0.4) is 0 Å². The van der Waals surface area contributed by atoms with Gasteiger partial charge >= 0.3 is 12.1 Å². The molecular formula is C35H53N3O12. The van der Waals surface area contributed by atoms with Crippen molar-refractivity contribution in [3.63, 3.8) is 0 Å². The Bertz CT molecular complexity index is 1430. The number of aliphatic hydroxyl groups excluding tert-OH is 2. The predicted molar refractivity (Wildman–Crippen MR) is 180 cm³/mol. The van der Waals surface area contributed by atoms with Crippen molar-refractivity contribution in [1.82, 2.24) is 14.7 Å². The number of Topliss-reactive ketones (excluding diaryl/α,β-unsaturated/α-hetero) is 3. The normalized spacial score (nSPS) is 18.0. The minimum absolute atomic E-state index is 0.0437. The largest absolute Gasteiger partial charge is 0.479 e. The second-order valence-corrected chi connectivity index (χ2v) is 13.0. The van der Waals surface area contributed by atoms with Gasteiger partial charge in [-0.1, -0.05) is 70.9 Å². The molecule has 0 bridgehead atoms. The topological polar surface area (TPSA) is 219 Å². The highest BCUT2D eigenvalue weighted by atomic mass is 16.6.